The first kappa shape index (κ1) is 12.1. The molecular weight excluding hydrogens is 242 g/mol. The third kappa shape index (κ3) is 2.31. The van der Waals surface area contributed by atoms with Crippen molar-refractivity contribution in [3.05, 3.63) is 35.7 Å². The van der Waals surface area contributed by atoms with Crippen LogP contribution in [0.4, 0.5) is 0 Å². The lowest BCUT2D eigenvalue weighted by Crippen LogP contribution is -2.35. The lowest BCUT2D eigenvalue weighted by molar-refractivity contribution is 0.181. The number of benzene rings is 1. The van der Waals surface area contributed by atoms with Crippen LogP contribution in [0.3, 0.4) is 0 Å². The molecule has 0 radical (unpaired) electrons. The number of aromatic nitrogens is 4. The minimum atomic E-state index is 0.0392. The first-order valence-electron chi connectivity index (χ1n) is 6.47. The number of nitrogens with zero attached hydrogens (tertiary/aromatic N) is 3. The molecule has 19 heavy (non-hydrogen) atoms. The van der Waals surface area contributed by atoms with E-state index in [4.69, 9.17) is 4.74 Å². The van der Waals surface area contributed by atoms with E-state index in [1.54, 1.807) is 0 Å². The number of fused-ring (bicyclic) bond motifs is 1. The number of para-hydroxylation sites is 1. The minimum Gasteiger partial charge on any atom is -0.493 e. The molecule has 1 aromatic heterocycles. The van der Waals surface area contributed by atoms with Gasteiger partial charge in [-0.15, -0.1) is 10.2 Å². The first-order valence-corrected chi connectivity index (χ1v) is 6.47. The van der Waals surface area contributed by atoms with Gasteiger partial charge in [-0.25, -0.2) is 0 Å². The van der Waals surface area contributed by atoms with Gasteiger partial charge >= 0.3 is 0 Å². The van der Waals surface area contributed by atoms with Gasteiger partial charge in [-0.1, -0.05) is 30.3 Å². The highest BCUT2D eigenvalue weighted by molar-refractivity contribution is 5.38. The fourth-order valence-electron chi connectivity index (χ4n) is 2.44. The first-order chi connectivity index (χ1) is 9.25. The van der Waals surface area contributed by atoms with E-state index < -0.39 is 0 Å². The monoisotopic (exact) mass is 259 g/mol. The molecule has 0 saturated carbocycles. The van der Waals surface area contributed by atoms with Gasteiger partial charge < -0.3 is 4.74 Å². The largest absolute Gasteiger partial charge is 0.493 e. The summed E-state index contributed by atoms with van der Waals surface area (Å²) >= 11 is 0. The lowest BCUT2D eigenvalue weighted by Gasteiger charge is -2.33. The van der Waals surface area contributed by atoms with Crippen molar-refractivity contribution < 1.29 is 4.74 Å². The number of ether oxygens (including phenoxy) is 1. The Bertz CT molecular complexity index is 542. The molecule has 1 aromatic carbocycles. The smallest absolute Gasteiger partial charge is 0.191 e. The Morgan fingerprint density at radius 2 is 2.26 bits per heavy atom. The van der Waals surface area contributed by atoms with Gasteiger partial charge in [0, 0.05) is 17.5 Å². The van der Waals surface area contributed by atoms with Crippen LogP contribution in [0.25, 0.3) is 0 Å². The number of tetrazole rings is 1. The molecular formula is C13H17N5O. The Morgan fingerprint density at radius 1 is 1.42 bits per heavy atom. The molecule has 3 atom stereocenters. The van der Waals surface area contributed by atoms with Crippen LogP contribution in [0.5, 0.6) is 5.75 Å². The summed E-state index contributed by atoms with van der Waals surface area (Å²) in [5.41, 5.74) is 1.19. The maximum atomic E-state index is 5.75. The highest BCUT2D eigenvalue weighted by atomic mass is 16.5. The third-order valence-electron chi connectivity index (χ3n) is 3.50. The second-order valence-corrected chi connectivity index (χ2v) is 4.96. The molecule has 0 bridgehead atoms. The van der Waals surface area contributed by atoms with Gasteiger partial charge in [-0.2, -0.15) is 5.21 Å². The van der Waals surface area contributed by atoms with Crippen LogP contribution < -0.4 is 10.1 Å². The molecule has 6 nitrogen and oxygen atoms in total. The Morgan fingerprint density at radius 3 is 3.05 bits per heavy atom. The van der Waals surface area contributed by atoms with Crippen LogP contribution in [0.1, 0.15) is 37.3 Å². The molecule has 100 valence electrons. The van der Waals surface area contributed by atoms with Crippen molar-refractivity contribution in [1.29, 1.82) is 0 Å². The topological polar surface area (TPSA) is 75.7 Å². The summed E-state index contributed by atoms with van der Waals surface area (Å²) in [4.78, 5) is 0. The summed E-state index contributed by atoms with van der Waals surface area (Å²) in [7, 11) is 0. The summed E-state index contributed by atoms with van der Waals surface area (Å²) in [5, 5.41) is 17.7. The molecule has 2 aromatic rings. The van der Waals surface area contributed by atoms with Crippen LogP contribution in [0.15, 0.2) is 24.3 Å². The molecule has 0 aliphatic carbocycles. The van der Waals surface area contributed by atoms with Gasteiger partial charge in [0.15, 0.2) is 5.82 Å². The van der Waals surface area contributed by atoms with Crippen molar-refractivity contribution in [3.63, 3.8) is 0 Å². The molecule has 0 amide bonds. The summed E-state index contributed by atoms with van der Waals surface area (Å²) in [6, 6.07) is 8.42. The average Bonchev–Trinajstić information content (AvgIpc) is 2.96. The maximum absolute atomic E-state index is 5.75. The van der Waals surface area contributed by atoms with Gasteiger partial charge in [-0.05, 0) is 13.0 Å². The zero-order chi connectivity index (χ0) is 13.2. The van der Waals surface area contributed by atoms with Crippen molar-refractivity contribution in [1.82, 2.24) is 25.9 Å². The summed E-state index contributed by atoms with van der Waals surface area (Å²) < 4.78 is 5.75. The molecule has 6 heteroatoms. The molecule has 0 spiro atoms. The number of H-pyrrole nitrogens is 1. The van der Waals surface area contributed by atoms with Crippen LogP contribution in [0.2, 0.25) is 0 Å². The SMILES string of the molecule is CC(NC1c2ccccc2OCC1C)c1nn[nH]n1. The molecule has 1 aliphatic heterocycles. The molecule has 1 aliphatic rings. The Kier molecular flexibility index (Phi) is 3.16. The van der Waals surface area contributed by atoms with E-state index in [1.165, 1.54) is 5.56 Å². The standard InChI is InChI=1S/C13H17N5O/c1-8-7-19-11-6-4-3-5-10(11)12(8)14-9(2)13-15-17-18-16-13/h3-6,8-9,12,14H,7H2,1-2H3,(H,15,16,17,18). The van der Waals surface area contributed by atoms with Crippen molar-refractivity contribution in [2.45, 2.75) is 25.9 Å². The highest BCUT2D eigenvalue weighted by Crippen LogP contribution is 2.36. The second kappa shape index (κ2) is 4.97. The number of hydrogen-bond donors (Lipinski definition) is 2. The average molecular weight is 259 g/mol. The van der Waals surface area contributed by atoms with Crippen LogP contribution in [-0.4, -0.2) is 27.2 Å². The molecule has 2 N–H and O–H groups in total. The molecule has 2 heterocycles. The Labute approximate surface area is 111 Å². The van der Waals surface area contributed by atoms with Crippen molar-refractivity contribution in [3.8, 4) is 5.75 Å². The molecule has 3 rings (SSSR count). The minimum absolute atomic E-state index is 0.0392. The summed E-state index contributed by atoms with van der Waals surface area (Å²) in [5.74, 6) is 2.03. The van der Waals surface area contributed by atoms with E-state index in [1.807, 2.05) is 25.1 Å². The molecule has 3 unspecified atom stereocenters. The van der Waals surface area contributed by atoms with Crippen LogP contribution >= 0.6 is 0 Å². The van der Waals surface area contributed by atoms with E-state index >= 15 is 0 Å². The fraction of sp³-hybridized carbons (Fsp3) is 0.462. The number of aromatic amines is 1. The third-order valence-corrected chi connectivity index (χ3v) is 3.50. The van der Waals surface area contributed by atoms with Gasteiger partial charge in [-0.3, -0.25) is 5.32 Å². The normalized spacial score (nSPS) is 23.5. The van der Waals surface area contributed by atoms with Crippen molar-refractivity contribution >= 4 is 0 Å². The van der Waals surface area contributed by atoms with E-state index in [0.717, 1.165) is 5.75 Å². The maximum Gasteiger partial charge on any atom is 0.191 e. The van der Waals surface area contributed by atoms with Gasteiger partial charge in [0.05, 0.1) is 12.6 Å². The van der Waals surface area contributed by atoms with Gasteiger partial charge in [0.1, 0.15) is 5.75 Å². The van der Waals surface area contributed by atoms with Crippen molar-refractivity contribution in [2.24, 2.45) is 5.92 Å². The second-order valence-electron chi connectivity index (χ2n) is 4.96. The molecule has 0 saturated heterocycles. The number of hydrogen-bond acceptors (Lipinski definition) is 5. The van der Waals surface area contributed by atoms with E-state index in [0.29, 0.717) is 18.3 Å². The summed E-state index contributed by atoms with van der Waals surface area (Å²) in [6.07, 6.45) is 0. The highest BCUT2D eigenvalue weighted by Gasteiger charge is 2.29. The Hall–Kier alpha value is -1.95. The van der Waals surface area contributed by atoms with Gasteiger partial charge in [0.2, 0.25) is 0 Å². The quantitative estimate of drug-likeness (QED) is 0.876. The van der Waals surface area contributed by atoms with Crippen LogP contribution in [-0.2, 0) is 0 Å². The zero-order valence-electron chi connectivity index (χ0n) is 11.0. The number of nitrogens with one attached hydrogen (secondary N) is 2. The van der Waals surface area contributed by atoms with E-state index in [2.05, 4.69) is 38.9 Å². The zero-order valence-corrected chi connectivity index (χ0v) is 11.0. The Balaban J connectivity index is 1.84. The van der Waals surface area contributed by atoms with E-state index in [-0.39, 0.29) is 12.1 Å². The predicted molar refractivity (Wildman–Crippen MR) is 69.6 cm³/mol. The predicted octanol–water partition coefficient (Wildman–Crippen LogP) is 1.62. The lowest BCUT2D eigenvalue weighted by atomic mass is 9.91. The molecule has 0 fully saturated rings. The van der Waals surface area contributed by atoms with E-state index in [9.17, 15) is 0 Å². The van der Waals surface area contributed by atoms with Crippen LogP contribution in [0, 0.1) is 5.92 Å². The van der Waals surface area contributed by atoms with Gasteiger partial charge in [0.25, 0.3) is 0 Å². The summed E-state index contributed by atoms with van der Waals surface area (Å²) in [6.45, 7) is 4.93. The fourth-order valence-corrected chi connectivity index (χ4v) is 2.44. The number of rotatable bonds is 3. The van der Waals surface area contributed by atoms with Crippen molar-refractivity contribution in [2.75, 3.05) is 6.61 Å².